The minimum absolute atomic E-state index is 0.0208. The Balaban J connectivity index is 1.66. The molecule has 1 aliphatic rings. The highest BCUT2D eigenvalue weighted by Gasteiger charge is 2.31. The van der Waals surface area contributed by atoms with Crippen molar-refractivity contribution >= 4 is 29.4 Å². The molecule has 2 N–H and O–H groups in total. The van der Waals surface area contributed by atoms with Crippen molar-refractivity contribution < 1.29 is 23.1 Å². The molecule has 0 saturated heterocycles. The van der Waals surface area contributed by atoms with E-state index in [0.717, 1.165) is 12.8 Å². The molecule has 0 radical (unpaired) electrons. The second kappa shape index (κ2) is 9.82. The van der Waals surface area contributed by atoms with Crippen molar-refractivity contribution in [3.8, 4) is 5.75 Å². The summed E-state index contributed by atoms with van der Waals surface area (Å²) >= 11 is 6.30. The first-order valence-corrected chi connectivity index (χ1v) is 10.8. The van der Waals surface area contributed by atoms with Gasteiger partial charge in [0.15, 0.2) is 6.61 Å². The third kappa shape index (κ3) is 6.47. The van der Waals surface area contributed by atoms with Gasteiger partial charge in [0.2, 0.25) is 11.9 Å². The lowest BCUT2D eigenvalue weighted by Gasteiger charge is -2.19. The Morgan fingerprint density at radius 3 is 2.61 bits per heavy atom. The van der Waals surface area contributed by atoms with E-state index >= 15 is 0 Å². The Morgan fingerprint density at radius 2 is 2.00 bits per heavy atom. The fourth-order valence-corrected chi connectivity index (χ4v) is 3.23. The number of ether oxygens (including phenoxy) is 1. The van der Waals surface area contributed by atoms with Gasteiger partial charge in [-0.15, -0.1) is 0 Å². The molecule has 1 atom stereocenters. The largest absolute Gasteiger partial charge is 0.487 e. The Bertz CT molecular complexity index is 1090. The summed E-state index contributed by atoms with van der Waals surface area (Å²) in [6.07, 6.45) is 1.67. The number of aromatic nitrogens is 2. The lowest BCUT2D eigenvalue weighted by atomic mass is 10.1. The highest BCUT2D eigenvalue weighted by atomic mass is 35.5. The molecular weight excluding hydrogens is 454 g/mol. The second-order valence-corrected chi connectivity index (χ2v) is 8.54. The molecule has 2 aromatic rings. The highest BCUT2D eigenvalue weighted by Crippen LogP contribution is 2.31. The second-order valence-electron chi connectivity index (χ2n) is 8.13. The molecule has 1 aromatic heterocycles. The quantitative estimate of drug-likeness (QED) is 0.502. The van der Waals surface area contributed by atoms with E-state index in [1.54, 1.807) is 19.9 Å². The lowest BCUT2D eigenvalue weighted by molar-refractivity contribution is -0.117. The number of hydrogen-bond donors (Lipinski definition) is 2. The third-order valence-electron chi connectivity index (χ3n) is 5.10. The van der Waals surface area contributed by atoms with Gasteiger partial charge in [0, 0.05) is 16.6 Å². The number of amides is 2. The maximum Gasteiger partial charge on any atom is 0.302 e. The summed E-state index contributed by atoms with van der Waals surface area (Å²) in [7, 11) is 0. The summed E-state index contributed by atoms with van der Waals surface area (Å²) in [5.74, 6) is -3.56. The standard InChI is InChI=1S/C23H25ClF2N4O3/c1-12(2)23(25,26)11-33-16-7-8-17(18(24)10-16)14(4)28-21(32)19-9-13(3)27-22(29-19)30-20(31)15-5-6-15/h7-10,14-15H,1,5-6,11H2,2-4H3,(H,28,32)(H,27,29,30,31). The molecule has 33 heavy (non-hydrogen) atoms. The van der Waals surface area contributed by atoms with Crippen LogP contribution in [0.25, 0.3) is 0 Å². The van der Waals surface area contributed by atoms with Crippen LogP contribution in [0.2, 0.25) is 5.02 Å². The van der Waals surface area contributed by atoms with Crippen molar-refractivity contribution in [1.82, 2.24) is 15.3 Å². The molecule has 0 bridgehead atoms. The number of carbonyl (C=O) groups is 2. The minimum atomic E-state index is -3.15. The fourth-order valence-electron chi connectivity index (χ4n) is 2.89. The molecule has 1 heterocycles. The number of benzene rings is 1. The van der Waals surface area contributed by atoms with Crippen molar-refractivity contribution in [3.05, 3.63) is 58.4 Å². The Kier molecular flexibility index (Phi) is 7.31. The van der Waals surface area contributed by atoms with Crippen LogP contribution in [-0.2, 0) is 4.79 Å². The van der Waals surface area contributed by atoms with Crippen LogP contribution >= 0.6 is 11.6 Å². The molecule has 10 heteroatoms. The van der Waals surface area contributed by atoms with E-state index in [4.69, 9.17) is 16.3 Å². The number of rotatable bonds is 9. The third-order valence-corrected chi connectivity index (χ3v) is 5.43. The average molecular weight is 479 g/mol. The maximum absolute atomic E-state index is 13.7. The predicted molar refractivity (Wildman–Crippen MR) is 121 cm³/mol. The van der Waals surface area contributed by atoms with Crippen molar-refractivity contribution in [2.24, 2.45) is 5.92 Å². The number of aryl methyl sites for hydroxylation is 1. The van der Waals surface area contributed by atoms with Crippen molar-refractivity contribution in [2.45, 2.75) is 45.6 Å². The Morgan fingerprint density at radius 1 is 1.30 bits per heavy atom. The summed E-state index contributed by atoms with van der Waals surface area (Å²) in [4.78, 5) is 33.0. The van der Waals surface area contributed by atoms with Gasteiger partial charge < -0.3 is 10.1 Å². The van der Waals surface area contributed by atoms with Crippen molar-refractivity contribution in [1.29, 1.82) is 0 Å². The van der Waals surface area contributed by atoms with E-state index in [0.29, 0.717) is 11.3 Å². The van der Waals surface area contributed by atoms with E-state index in [1.165, 1.54) is 25.1 Å². The van der Waals surface area contributed by atoms with Gasteiger partial charge in [0.05, 0.1) is 6.04 Å². The van der Waals surface area contributed by atoms with Gasteiger partial charge in [-0.1, -0.05) is 24.2 Å². The number of nitrogens with zero attached hydrogens (tertiary/aromatic N) is 2. The van der Waals surface area contributed by atoms with Crippen LogP contribution in [0.15, 0.2) is 36.4 Å². The van der Waals surface area contributed by atoms with Gasteiger partial charge in [0.25, 0.3) is 5.91 Å². The first-order chi connectivity index (χ1) is 15.5. The molecule has 1 aliphatic carbocycles. The number of anilines is 1. The van der Waals surface area contributed by atoms with E-state index < -0.39 is 24.5 Å². The van der Waals surface area contributed by atoms with Gasteiger partial charge in [-0.05, 0) is 62.9 Å². The minimum Gasteiger partial charge on any atom is -0.487 e. The molecule has 7 nitrogen and oxygen atoms in total. The average Bonchev–Trinajstić information content (AvgIpc) is 3.57. The van der Waals surface area contributed by atoms with Crippen molar-refractivity contribution in [2.75, 3.05) is 11.9 Å². The summed E-state index contributed by atoms with van der Waals surface area (Å²) in [5, 5.41) is 5.67. The number of halogens is 3. The summed E-state index contributed by atoms with van der Waals surface area (Å²) in [6, 6.07) is 5.49. The SMILES string of the molecule is C=C(C)C(F)(F)COc1ccc(C(C)NC(=O)c2cc(C)nc(NC(=O)C3CC3)n2)c(Cl)c1. The Labute approximate surface area is 195 Å². The molecule has 1 unspecified atom stereocenters. The molecule has 1 fully saturated rings. The zero-order valence-corrected chi connectivity index (χ0v) is 19.3. The lowest BCUT2D eigenvalue weighted by Crippen LogP contribution is -2.28. The number of hydrogen-bond acceptors (Lipinski definition) is 5. The number of alkyl halides is 2. The van der Waals surface area contributed by atoms with E-state index in [9.17, 15) is 18.4 Å². The molecule has 1 saturated carbocycles. The molecule has 1 aromatic carbocycles. The predicted octanol–water partition coefficient (Wildman–Crippen LogP) is 4.87. The molecule has 0 spiro atoms. The summed E-state index contributed by atoms with van der Waals surface area (Å²) in [5.41, 5.74) is 0.896. The van der Waals surface area contributed by atoms with Gasteiger partial charge in [-0.25, -0.2) is 9.97 Å². The molecule has 176 valence electrons. The van der Waals surface area contributed by atoms with Gasteiger partial charge >= 0.3 is 5.92 Å². The number of carbonyl (C=O) groups excluding carboxylic acids is 2. The van der Waals surface area contributed by atoms with E-state index in [-0.39, 0.29) is 39.8 Å². The van der Waals surface area contributed by atoms with Crippen LogP contribution in [-0.4, -0.2) is 34.3 Å². The van der Waals surface area contributed by atoms with E-state index in [2.05, 4.69) is 27.2 Å². The first-order valence-electron chi connectivity index (χ1n) is 10.4. The smallest absolute Gasteiger partial charge is 0.302 e. The molecule has 2 amide bonds. The zero-order valence-electron chi connectivity index (χ0n) is 18.5. The normalized spacial score (nSPS) is 14.4. The van der Waals surface area contributed by atoms with Gasteiger partial charge in [-0.2, -0.15) is 8.78 Å². The fraction of sp³-hybridized carbons (Fsp3) is 0.391. The topological polar surface area (TPSA) is 93.2 Å². The molecule has 0 aliphatic heterocycles. The monoisotopic (exact) mass is 478 g/mol. The van der Waals surface area contributed by atoms with Crippen LogP contribution in [0, 0.1) is 12.8 Å². The maximum atomic E-state index is 13.7. The van der Waals surface area contributed by atoms with Crippen molar-refractivity contribution in [3.63, 3.8) is 0 Å². The molecule has 3 rings (SSSR count). The van der Waals surface area contributed by atoms with Crippen LogP contribution in [0.5, 0.6) is 5.75 Å². The van der Waals surface area contributed by atoms with Crippen LogP contribution in [0.1, 0.15) is 54.5 Å². The molecular formula is C23H25ClF2N4O3. The van der Waals surface area contributed by atoms with Gasteiger partial charge in [-0.3, -0.25) is 14.9 Å². The summed E-state index contributed by atoms with van der Waals surface area (Å²) in [6.45, 7) is 7.05. The van der Waals surface area contributed by atoms with Crippen LogP contribution in [0.4, 0.5) is 14.7 Å². The van der Waals surface area contributed by atoms with Gasteiger partial charge in [0.1, 0.15) is 11.4 Å². The zero-order chi connectivity index (χ0) is 24.3. The Hall–Kier alpha value is -3.07. The van der Waals surface area contributed by atoms with Crippen LogP contribution in [0.3, 0.4) is 0 Å². The first kappa shape index (κ1) is 24.6. The van der Waals surface area contributed by atoms with Crippen LogP contribution < -0.4 is 15.4 Å². The highest BCUT2D eigenvalue weighted by molar-refractivity contribution is 6.31. The van der Waals surface area contributed by atoms with E-state index in [1.807, 2.05) is 0 Å². The summed E-state index contributed by atoms with van der Waals surface area (Å²) < 4.78 is 32.5. The number of nitrogens with one attached hydrogen (secondary N) is 2.